The fourth-order valence-electron chi connectivity index (χ4n) is 14.5. The molecule has 1 saturated heterocycles. The van der Waals surface area contributed by atoms with E-state index >= 15 is 0 Å². The zero-order chi connectivity index (χ0) is 96.9. The van der Waals surface area contributed by atoms with E-state index in [1.807, 2.05) is 102 Å². The molecule has 1 fully saturated rings. The van der Waals surface area contributed by atoms with Crippen LogP contribution in [0.3, 0.4) is 0 Å². The molecule has 2 aliphatic heterocycles. The number of nitrogens with one attached hydrogen (secondary N) is 4. The molecule has 2 aliphatic rings. The Balaban J connectivity index is 0.000000154. The molecule has 0 aliphatic carbocycles. The number of hydrogen-bond donors (Lipinski definition) is 8. The summed E-state index contributed by atoms with van der Waals surface area (Å²) in [5.74, 6) is -11.0. The number of nitrogens with zero attached hydrogens (tertiary/aromatic N) is 12. The number of nitrogens with two attached hydrogens (primary N) is 4. The molecule has 0 spiro atoms. The number of halogens is 4. The smallest absolute Gasteiger partial charge is 0.445 e. The number of ether oxygens (including phenoxy) is 3. The lowest BCUT2D eigenvalue weighted by atomic mass is 9.99. The summed E-state index contributed by atoms with van der Waals surface area (Å²) in [5, 5.41) is 26.3. The minimum Gasteiger partial charge on any atom is -0.445 e. The van der Waals surface area contributed by atoms with Crippen LogP contribution in [0.2, 0.25) is 0 Å². The van der Waals surface area contributed by atoms with E-state index in [0.29, 0.717) is 81.9 Å². The van der Waals surface area contributed by atoms with Gasteiger partial charge in [0.25, 0.3) is 47.3 Å². The highest BCUT2D eigenvalue weighted by molar-refractivity contribution is 6.99. The molecule has 4 atom stereocenters. The van der Waals surface area contributed by atoms with E-state index in [9.17, 15) is 79.9 Å². The van der Waals surface area contributed by atoms with Crippen molar-refractivity contribution in [2.75, 3.05) is 31.1 Å². The van der Waals surface area contributed by atoms with Crippen molar-refractivity contribution in [3.8, 4) is 45.4 Å². The third kappa shape index (κ3) is 24.6. The number of aromatic nitrogens is 10. The van der Waals surface area contributed by atoms with Crippen molar-refractivity contribution in [1.82, 2.24) is 74.2 Å². The second-order valence-electron chi connectivity index (χ2n) is 30.7. The number of fused-ring (bicyclic) bond motifs is 3. The van der Waals surface area contributed by atoms with E-state index in [1.54, 1.807) is 153 Å². The normalized spacial score (nSPS) is 13.1. The van der Waals surface area contributed by atoms with Crippen molar-refractivity contribution in [3.63, 3.8) is 0 Å². The van der Waals surface area contributed by atoms with E-state index in [4.69, 9.17) is 27.7 Å². The van der Waals surface area contributed by atoms with Crippen molar-refractivity contribution in [1.29, 1.82) is 0 Å². The molecule has 36 nitrogen and oxygen atoms in total. The Morgan fingerprint density at radius 1 is 0.449 bits per heavy atom. The largest absolute Gasteiger partial charge is 0.586 e. The molecule has 0 saturated carbocycles. The maximum atomic E-state index is 13.5. The van der Waals surface area contributed by atoms with Gasteiger partial charge in [-0.25, -0.2) is 9.48 Å². The third-order valence-corrected chi connectivity index (χ3v) is 21.7. The molecule has 694 valence electrons. The maximum Gasteiger partial charge on any atom is 0.586 e. The molecule has 136 heavy (non-hydrogen) atoms. The maximum absolute atomic E-state index is 13.5. The highest BCUT2D eigenvalue weighted by Gasteiger charge is 2.44. The minimum atomic E-state index is -3.79. The first-order valence-corrected chi connectivity index (χ1v) is 42.3. The summed E-state index contributed by atoms with van der Waals surface area (Å²) in [6.45, 7) is -1.15. The minimum absolute atomic E-state index is 0.000384. The molecule has 0 radical (unpaired) electrons. The molecule has 0 bridgehead atoms. The number of benzene rings is 8. The average Bonchev–Trinajstić information content (AvgIpc) is 1.60. The first kappa shape index (κ1) is 96.2. The van der Waals surface area contributed by atoms with Crippen LogP contribution >= 0.6 is 11.7 Å². The lowest BCUT2D eigenvalue weighted by Gasteiger charge is -2.34. The SMILES string of the molecule is Cn1cc(C(=O)NC(Cc2ccccc2)C(=O)C(N)=O)c(-c2cc3ccccc3cn2)n1.Cn1cc(C(=O)NC(Cc2ccccc2)C(=O)C(N)=O)c(N2CCN(C(=O)OCc3ccccc3)CC2)n1.NC(=O)C(=O)C(Cc1ccccc1)NC(=O)c1cn(C(F)F)nc1-c1cccc2cnccc12.NC(=O)C(=O)C(Cc1ccccc1)NC(=O)c1nsnc1-c1ccc2c(c1)OC(F)(F)O2. The molecular weight excluding hydrogens is 1790 g/mol. The quantitative estimate of drug-likeness (QED) is 0.0150. The zero-order valence-corrected chi connectivity index (χ0v) is 73.0. The molecule has 8 heterocycles. The van der Waals surface area contributed by atoms with E-state index < -0.39 is 113 Å². The second kappa shape index (κ2) is 44.0. The number of alkyl halides is 4. The van der Waals surface area contributed by atoms with Crippen molar-refractivity contribution in [3.05, 3.63) is 312 Å². The van der Waals surface area contributed by atoms with Gasteiger partial charge in [0.15, 0.2) is 23.0 Å². The number of piperazine rings is 1. The van der Waals surface area contributed by atoms with Crippen molar-refractivity contribution in [2.24, 2.45) is 37.0 Å². The highest BCUT2D eigenvalue weighted by Crippen LogP contribution is 2.43. The predicted octanol–water partition coefficient (Wildman–Crippen LogP) is 8.12. The van der Waals surface area contributed by atoms with Crippen LogP contribution < -0.4 is 58.6 Å². The summed E-state index contributed by atoms with van der Waals surface area (Å²) in [7, 11) is 3.38. The number of carbonyl (C=O) groups excluding carboxylic acids is 13. The predicted molar refractivity (Wildman–Crippen MR) is 486 cm³/mol. The summed E-state index contributed by atoms with van der Waals surface area (Å²) in [6.07, 6.45) is 4.96. The standard InChI is InChI=1S/C27H30N6O5.C24H19F2N5O3.C24H21N5O3.C20H14F2N4O5S/c1-31-17-21(26(36)29-22(23(34)24(28)35)16-19-8-4-2-5-9-19)25(30-31)32-12-14-33(15-13-32)27(37)38-18-20-10-6-3-7-11-20;25-24(26)31-13-18(20(30-31)17-8-4-7-15-12-28-10-9-16(15)17)23(34)29-19(21(32)22(27)33)11-14-5-2-1-3-6-14;1-29-14-18(21(28-29)19-12-16-9-5-6-10-17(16)13-26-19)24(32)27-20(22(30)23(25)31)11-15-7-3-2-4-8-15;21-20(22)30-13-7-6-11(9-14(13)31-20)15-16(26-32-25-15)19(29)24-12(17(27)18(23)28)8-10-4-2-1-3-5-10/h2-11,17,22H,12-16,18H2,1H3,(H2,28,35)(H,29,36);1-10,12-13,19,24H,11H2,(H2,27,33)(H,29,34);2-10,12-14,20H,11H2,1H3,(H2,25,31)(H,27,32);1-7,9,12H,8H2,(H2,23,28)(H,24,29). The third-order valence-electron chi connectivity index (χ3n) is 21.1. The molecule has 9 amide bonds. The van der Waals surface area contributed by atoms with Crippen LogP contribution in [0.25, 0.3) is 55.4 Å². The van der Waals surface area contributed by atoms with Gasteiger partial charge in [0.1, 0.15) is 53.4 Å². The summed E-state index contributed by atoms with van der Waals surface area (Å²) < 4.78 is 79.1. The average molecular weight is 1870 g/mol. The Labute approximate surface area is 774 Å². The molecule has 4 unspecified atom stereocenters. The van der Waals surface area contributed by atoms with Gasteiger partial charge in [0.05, 0.1) is 28.5 Å². The molecule has 12 N–H and O–H groups in total. The van der Waals surface area contributed by atoms with Gasteiger partial charge in [-0.15, -0.1) is 8.78 Å². The number of Topliss-reactive ketones (excluding diaryl/α,β-unsaturated/α-hetero) is 4. The van der Waals surface area contributed by atoms with Gasteiger partial charge in [-0.1, -0.05) is 194 Å². The van der Waals surface area contributed by atoms with Gasteiger partial charge < -0.3 is 68.2 Å². The van der Waals surface area contributed by atoms with Crippen molar-refractivity contribution in [2.45, 2.75) is 69.3 Å². The first-order chi connectivity index (χ1) is 65.3. The van der Waals surface area contributed by atoms with E-state index in [0.717, 1.165) is 39.0 Å². The number of aryl methyl sites for hydroxylation is 2. The van der Waals surface area contributed by atoms with Crippen LogP contribution in [0, 0.1) is 0 Å². The number of primary amides is 4. The summed E-state index contributed by atoms with van der Waals surface area (Å²) in [5.41, 5.74) is 26.4. The fourth-order valence-corrected chi connectivity index (χ4v) is 15.1. The van der Waals surface area contributed by atoms with Crippen LogP contribution in [0.5, 0.6) is 11.5 Å². The second-order valence-corrected chi connectivity index (χ2v) is 31.2. The molecule has 6 aromatic heterocycles. The number of ketones is 4. The molecule has 16 rings (SSSR count). The topological polar surface area (TPSA) is 513 Å². The van der Waals surface area contributed by atoms with E-state index in [1.165, 1.54) is 33.8 Å². The van der Waals surface area contributed by atoms with Gasteiger partial charge >= 0.3 is 18.9 Å². The summed E-state index contributed by atoms with van der Waals surface area (Å²) in [4.78, 5) is 173. The monoisotopic (exact) mass is 1870 g/mol. The first-order valence-electron chi connectivity index (χ1n) is 41.6. The number of hydrogen-bond acceptors (Lipinski definition) is 25. The molecule has 14 aromatic rings. The molecule has 8 aromatic carbocycles. The number of carbonyl (C=O) groups is 13. The van der Waals surface area contributed by atoms with Crippen molar-refractivity contribution < 1.29 is 94.1 Å². The van der Waals surface area contributed by atoms with Crippen molar-refractivity contribution >= 4 is 116 Å². The van der Waals surface area contributed by atoms with E-state index in [2.05, 4.69) is 64.8 Å². The Hall–Kier alpha value is -17.4. The van der Waals surface area contributed by atoms with Crippen LogP contribution in [0.1, 0.15) is 75.9 Å². The number of pyridine rings is 2. The van der Waals surface area contributed by atoms with Crippen LogP contribution in [0.4, 0.5) is 28.2 Å². The fraction of sp³-hybridized carbons (Fsp3) is 0.179. The van der Waals surface area contributed by atoms with Gasteiger partial charge in [-0.2, -0.15) is 32.8 Å². The van der Waals surface area contributed by atoms with Gasteiger partial charge in [-0.05, 0) is 68.9 Å². The summed E-state index contributed by atoms with van der Waals surface area (Å²) in [6, 6.07) is 60.5. The summed E-state index contributed by atoms with van der Waals surface area (Å²) >= 11 is 0.711. The van der Waals surface area contributed by atoms with Gasteiger partial charge in [-0.3, -0.25) is 76.9 Å². The van der Waals surface area contributed by atoms with Gasteiger partial charge in [0, 0.05) is 125 Å². The van der Waals surface area contributed by atoms with E-state index in [-0.39, 0.29) is 83.1 Å². The number of amides is 9. The number of anilines is 1. The number of rotatable bonds is 31. The lowest BCUT2D eigenvalue weighted by molar-refractivity contribution is -0.286. The van der Waals surface area contributed by atoms with Gasteiger partial charge in [0.2, 0.25) is 23.1 Å². The van der Waals surface area contributed by atoms with Crippen LogP contribution in [0.15, 0.2) is 262 Å². The Bertz CT molecular complexity index is 6780. The molecule has 41 heteroatoms. The lowest BCUT2D eigenvalue weighted by Crippen LogP contribution is -2.50. The molecular formula is C95H84F4N20O16S. The van der Waals surface area contributed by atoms with Crippen LogP contribution in [-0.4, -0.2) is 186 Å². The van der Waals surface area contributed by atoms with Crippen LogP contribution in [-0.2, 0) is 89.5 Å². The Morgan fingerprint density at radius 2 is 0.897 bits per heavy atom. The Morgan fingerprint density at radius 3 is 1.40 bits per heavy atom. The zero-order valence-electron chi connectivity index (χ0n) is 72.2. The highest BCUT2D eigenvalue weighted by atomic mass is 32.1. The Kier molecular flexibility index (Phi) is 31.1.